The van der Waals surface area contributed by atoms with Crippen LogP contribution in [-0.4, -0.2) is 22.4 Å². The molecule has 31 heavy (non-hydrogen) atoms. The molecular formula is C25H23N3O3. The van der Waals surface area contributed by atoms with Crippen molar-refractivity contribution in [2.75, 3.05) is 5.32 Å². The highest BCUT2D eigenvalue weighted by Gasteiger charge is 2.13. The van der Waals surface area contributed by atoms with Gasteiger partial charge in [-0.15, -0.1) is 0 Å². The van der Waals surface area contributed by atoms with Gasteiger partial charge in [0.15, 0.2) is 5.43 Å². The van der Waals surface area contributed by atoms with Gasteiger partial charge in [-0.25, -0.2) is 0 Å². The van der Waals surface area contributed by atoms with E-state index in [9.17, 15) is 14.4 Å². The summed E-state index contributed by atoms with van der Waals surface area (Å²) < 4.78 is 1.85. The summed E-state index contributed by atoms with van der Waals surface area (Å²) in [7, 11) is 0. The van der Waals surface area contributed by atoms with Crippen molar-refractivity contribution in [3.63, 3.8) is 0 Å². The lowest BCUT2D eigenvalue weighted by atomic mass is 10.1. The molecule has 3 aromatic carbocycles. The smallest absolute Gasteiger partial charge is 0.251 e. The maximum Gasteiger partial charge on any atom is 0.251 e. The van der Waals surface area contributed by atoms with E-state index in [1.165, 1.54) is 0 Å². The predicted molar refractivity (Wildman–Crippen MR) is 123 cm³/mol. The largest absolute Gasteiger partial charge is 0.350 e. The zero-order chi connectivity index (χ0) is 22.0. The molecule has 0 fully saturated rings. The minimum absolute atomic E-state index is 0.0434. The Morgan fingerprint density at radius 1 is 0.839 bits per heavy atom. The lowest BCUT2D eigenvalue weighted by Gasteiger charge is -2.15. The molecule has 0 spiro atoms. The number of pyridine rings is 1. The van der Waals surface area contributed by atoms with E-state index in [-0.39, 0.29) is 29.8 Å². The third-order valence-electron chi connectivity index (χ3n) is 5.03. The normalized spacial score (nSPS) is 11.1. The van der Waals surface area contributed by atoms with Gasteiger partial charge in [0.25, 0.3) is 5.91 Å². The number of rotatable bonds is 5. The molecule has 2 amide bonds. The summed E-state index contributed by atoms with van der Waals surface area (Å²) in [5, 5.41) is 6.86. The molecule has 4 aromatic rings. The SMILES string of the molecule is CC(C)NC(=O)c1ccc(NC(=O)Cn2c3ccccc3c(=O)c3ccccc32)cc1. The van der Waals surface area contributed by atoms with Crippen LogP contribution in [0.5, 0.6) is 0 Å². The summed E-state index contributed by atoms with van der Waals surface area (Å²) in [5.41, 5.74) is 2.51. The first-order valence-corrected chi connectivity index (χ1v) is 10.1. The maximum absolute atomic E-state index is 12.8. The number of nitrogens with zero attached hydrogens (tertiary/aromatic N) is 1. The molecule has 156 valence electrons. The van der Waals surface area contributed by atoms with Gasteiger partial charge in [0.05, 0.1) is 11.0 Å². The van der Waals surface area contributed by atoms with Gasteiger partial charge in [0.1, 0.15) is 6.54 Å². The van der Waals surface area contributed by atoms with Crippen LogP contribution in [0, 0.1) is 0 Å². The van der Waals surface area contributed by atoms with Crippen LogP contribution in [0.2, 0.25) is 0 Å². The lowest BCUT2D eigenvalue weighted by Crippen LogP contribution is -2.30. The minimum Gasteiger partial charge on any atom is -0.350 e. The van der Waals surface area contributed by atoms with E-state index in [0.29, 0.717) is 33.1 Å². The fourth-order valence-corrected chi connectivity index (χ4v) is 3.64. The second-order valence-corrected chi connectivity index (χ2v) is 7.70. The molecule has 1 heterocycles. The van der Waals surface area contributed by atoms with Crippen molar-refractivity contribution in [2.45, 2.75) is 26.4 Å². The van der Waals surface area contributed by atoms with Crippen LogP contribution in [0.4, 0.5) is 5.69 Å². The van der Waals surface area contributed by atoms with Crippen molar-refractivity contribution in [2.24, 2.45) is 0 Å². The van der Waals surface area contributed by atoms with Gasteiger partial charge in [0.2, 0.25) is 5.91 Å². The molecule has 0 aliphatic heterocycles. The van der Waals surface area contributed by atoms with Crippen LogP contribution in [0.15, 0.2) is 77.6 Å². The van der Waals surface area contributed by atoms with Crippen LogP contribution in [0.3, 0.4) is 0 Å². The van der Waals surface area contributed by atoms with Crippen molar-refractivity contribution in [3.05, 3.63) is 88.6 Å². The number of hydrogen-bond donors (Lipinski definition) is 2. The van der Waals surface area contributed by atoms with E-state index in [0.717, 1.165) is 0 Å². The van der Waals surface area contributed by atoms with Gasteiger partial charge in [-0.2, -0.15) is 0 Å². The van der Waals surface area contributed by atoms with Crippen LogP contribution >= 0.6 is 0 Å². The number of carbonyl (C=O) groups excluding carboxylic acids is 2. The molecule has 0 bridgehead atoms. The topological polar surface area (TPSA) is 80.2 Å². The van der Waals surface area contributed by atoms with Gasteiger partial charge in [-0.1, -0.05) is 24.3 Å². The number of fused-ring (bicyclic) bond motifs is 2. The van der Waals surface area contributed by atoms with E-state index in [4.69, 9.17) is 0 Å². The Bertz CT molecular complexity index is 1280. The Hall–Kier alpha value is -3.93. The minimum atomic E-state index is -0.224. The molecule has 0 saturated heterocycles. The average Bonchev–Trinajstić information content (AvgIpc) is 2.76. The van der Waals surface area contributed by atoms with Crippen molar-refractivity contribution in [3.8, 4) is 0 Å². The fourth-order valence-electron chi connectivity index (χ4n) is 3.64. The molecule has 0 aliphatic carbocycles. The van der Waals surface area contributed by atoms with Crippen LogP contribution in [0.25, 0.3) is 21.8 Å². The summed E-state index contributed by atoms with van der Waals surface area (Å²) in [6, 6.07) is 21.4. The molecule has 6 heteroatoms. The Kier molecular flexibility index (Phi) is 5.54. The number of anilines is 1. The van der Waals surface area contributed by atoms with Crippen molar-refractivity contribution in [1.82, 2.24) is 9.88 Å². The monoisotopic (exact) mass is 413 g/mol. The zero-order valence-corrected chi connectivity index (χ0v) is 17.4. The third-order valence-corrected chi connectivity index (χ3v) is 5.03. The number of carbonyl (C=O) groups is 2. The van der Waals surface area contributed by atoms with Crippen LogP contribution in [0.1, 0.15) is 24.2 Å². The number of nitrogens with one attached hydrogen (secondary N) is 2. The number of amides is 2. The summed E-state index contributed by atoms with van der Waals surface area (Å²) in [4.78, 5) is 37.7. The number of aromatic nitrogens is 1. The van der Waals surface area contributed by atoms with E-state index in [1.807, 2.05) is 54.8 Å². The standard InChI is InChI=1S/C25H23N3O3/c1-16(2)26-25(31)17-11-13-18(14-12-17)27-23(29)15-28-21-9-5-3-7-19(21)24(30)20-8-4-6-10-22(20)28/h3-14,16H,15H2,1-2H3,(H,26,31)(H,27,29). The predicted octanol–water partition coefficient (Wildman–Crippen LogP) is 3.93. The molecule has 0 aliphatic rings. The molecule has 1 aromatic heterocycles. The van der Waals surface area contributed by atoms with E-state index >= 15 is 0 Å². The highest BCUT2D eigenvalue weighted by atomic mass is 16.2. The summed E-state index contributed by atoms with van der Waals surface area (Å²) in [6.07, 6.45) is 0. The lowest BCUT2D eigenvalue weighted by molar-refractivity contribution is -0.116. The Morgan fingerprint density at radius 2 is 1.39 bits per heavy atom. The Labute approximate surface area is 179 Å². The summed E-state index contributed by atoms with van der Waals surface area (Å²) in [5.74, 6) is -0.377. The van der Waals surface area contributed by atoms with Crippen molar-refractivity contribution < 1.29 is 9.59 Å². The second-order valence-electron chi connectivity index (χ2n) is 7.70. The van der Waals surface area contributed by atoms with Gasteiger partial charge >= 0.3 is 0 Å². The highest BCUT2D eigenvalue weighted by Crippen LogP contribution is 2.19. The van der Waals surface area contributed by atoms with E-state index < -0.39 is 0 Å². The van der Waals surface area contributed by atoms with E-state index in [1.54, 1.807) is 36.4 Å². The second kappa shape index (κ2) is 8.44. The molecule has 0 saturated carbocycles. The maximum atomic E-state index is 12.8. The zero-order valence-electron chi connectivity index (χ0n) is 17.4. The van der Waals surface area contributed by atoms with Gasteiger partial charge in [-0.3, -0.25) is 14.4 Å². The first-order chi connectivity index (χ1) is 14.9. The number of hydrogen-bond acceptors (Lipinski definition) is 3. The molecule has 0 atom stereocenters. The fraction of sp³-hybridized carbons (Fsp3) is 0.160. The summed E-state index contributed by atoms with van der Waals surface area (Å²) in [6.45, 7) is 3.85. The average molecular weight is 413 g/mol. The number of para-hydroxylation sites is 2. The molecule has 0 radical (unpaired) electrons. The molecule has 2 N–H and O–H groups in total. The van der Waals surface area contributed by atoms with Crippen molar-refractivity contribution >= 4 is 39.3 Å². The highest BCUT2D eigenvalue weighted by molar-refractivity contribution is 5.98. The Balaban J connectivity index is 1.61. The Morgan fingerprint density at radius 3 is 1.94 bits per heavy atom. The quantitative estimate of drug-likeness (QED) is 0.487. The van der Waals surface area contributed by atoms with Crippen molar-refractivity contribution in [1.29, 1.82) is 0 Å². The van der Waals surface area contributed by atoms with Crippen LogP contribution in [-0.2, 0) is 11.3 Å². The molecule has 0 unspecified atom stereocenters. The first-order valence-electron chi connectivity index (χ1n) is 10.1. The molecular weight excluding hydrogens is 390 g/mol. The van der Waals surface area contributed by atoms with Gasteiger partial charge < -0.3 is 15.2 Å². The van der Waals surface area contributed by atoms with Crippen LogP contribution < -0.4 is 16.1 Å². The molecule has 4 rings (SSSR count). The number of benzene rings is 3. The van der Waals surface area contributed by atoms with Gasteiger partial charge in [0, 0.05) is 28.1 Å². The summed E-state index contributed by atoms with van der Waals surface area (Å²) >= 11 is 0. The molecule has 6 nitrogen and oxygen atoms in total. The first kappa shape index (κ1) is 20.3. The van der Waals surface area contributed by atoms with E-state index in [2.05, 4.69) is 10.6 Å². The third kappa shape index (κ3) is 4.19. The van der Waals surface area contributed by atoms with Gasteiger partial charge in [-0.05, 0) is 62.4 Å².